The number of rotatable bonds is 0. The molecule has 2 nitrogen and oxygen atoms in total. The Kier molecular flexibility index (Phi) is 0.807. The number of nitrogens with two attached hydrogens (primary N) is 2. The molecule has 7 atom stereocenters. The van der Waals surface area contributed by atoms with Crippen molar-refractivity contribution in [1.29, 1.82) is 0 Å². The minimum absolute atomic E-state index is 0.200. The van der Waals surface area contributed by atoms with Crippen molar-refractivity contribution in [1.82, 2.24) is 0 Å². The first kappa shape index (κ1) is 6.44. The van der Waals surface area contributed by atoms with Crippen molar-refractivity contribution in [3.63, 3.8) is 0 Å². The molecule has 3 fully saturated rings. The van der Waals surface area contributed by atoms with Crippen LogP contribution in [0.25, 0.3) is 0 Å². The van der Waals surface area contributed by atoms with Crippen LogP contribution in [-0.2, 0) is 0 Å². The second kappa shape index (κ2) is 1.38. The molecule has 0 aromatic heterocycles. The molecule has 4 N–H and O–H groups in total. The van der Waals surface area contributed by atoms with E-state index in [0.717, 1.165) is 17.8 Å². The van der Waals surface area contributed by atoms with Crippen LogP contribution in [0.2, 0.25) is 0 Å². The van der Waals surface area contributed by atoms with Gasteiger partial charge in [-0.3, -0.25) is 0 Å². The Morgan fingerprint density at radius 3 is 1.91 bits per heavy atom. The van der Waals surface area contributed by atoms with E-state index in [1.807, 2.05) is 0 Å². The lowest BCUT2D eigenvalue weighted by Gasteiger charge is -2.84. The maximum atomic E-state index is 6.27. The van der Waals surface area contributed by atoms with E-state index in [4.69, 9.17) is 11.5 Å². The molecule has 0 aromatic rings. The highest BCUT2D eigenvalue weighted by Crippen LogP contribution is 2.75. The third kappa shape index (κ3) is 0.354. The van der Waals surface area contributed by atoms with Crippen LogP contribution in [0.3, 0.4) is 0 Å². The van der Waals surface area contributed by atoms with E-state index < -0.39 is 0 Å². The summed E-state index contributed by atoms with van der Waals surface area (Å²) in [6.07, 6.45) is 0. The summed E-state index contributed by atoms with van der Waals surface area (Å²) in [4.78, 5) is 0. The minimum Gasteiger partial charge on any atom is -0.327 e. The fraction of sp³-hybridized carbons (Fsp3) is 1.00. The molecular formula is C9H16N2. The molecular weight excluding hydrogens is 136 g/mol. The van der Waals surface area contributed by atoms with Crippen molar-refractivity contribution < 1.29 is 0 Å². The molecule has 0 spiro atoms. The van der Waals surface area contributed by atoms with E-state index in [1.54, 1.807) is 0 Å². The lowest BCUT2D eigenvalue weighted by atomic mass is 9.23. The van der Waals surface area contributed by atoms with Crippen molar-refractivity contribution in [3.05, 3.63) is 0 Å². The summed E-state index contributed by atoms with van der Waals surface area (Å²) >= 11 is 0. The monoisotopic (exact) mass is 152 g/mol. The molecule has 3 aliphatic carbocycles. The van der Waals surface area contributed by atoms with E-state index in [-0.39, 0.29) is 5.54 Å². The third-order valence-electron chi connectivity index (χ3n) is 5.03. The normalized spacial score (nSPS) is 77.5. The topological polar surface area (TPSA) is 52.0 Å². The van der Waals surface area contributed by atoms with Gasteiger partial charge in [0.2, 0.25) is 0 Å². The smallest absolute Gasteiger partial charge is 0.0248 e. The van der Waals surface area contributed by atoms with Crippen LogP contribution in [0.1, 0.15) is 13.8 Å². The van der Waals surface area contributed by atoms with E-state index in [9.17, 15) is 0 Å². The summed E-state index contributed by atoms with van der Waals surface area (Å²) in [6.45, 7) is 4.54. The predicted molar refractivity (Wildman–Crippen MR) is 43.7 cm³/mol. The molecule has 0 radical (unpaired) electrons. The standard InChI is InChI=1S/C9H16N2/c1-3-5-7-6(8(5)10)4(2)9(3,7)11/h3-8H,10-11H2,1-2H3/t3-,4+,5?,6?,7?,8+,9+. The molecule has 3 aliphatic rings. The van der Waals surface area contributed by atoms with Crippen LogP contribution in [0.5, 0.6) is 0 Å². The van der Waals surface area contributed by atoms with Crippen molar-refractivity contribution in [2.45, 2.75) is 25.4 Å². The van der Waals surface area contributed by atoms with Crippen LogP contribution < -0.4 is 11.5 Å². The minimum atomic E-state index is 0.200. The van der Waals surface area contributed by atoms with Gasteiger partial charge in [-0.05, 0) is 29.6 Å². The third-order valence-corrected chi connectivity index (χ3v) is 5.03. The molecule has 0 saturated heterocycles. The lowest BCUT2D eigenvalue weighted by molar-refractivity contribution is -0.310. The van der Waals surface area contributed by atoms with Crippen molar-refractivity contribution in [2.75, 3.05) is 0 Å². The fourth-order valence-corrected chi connectivity index (χ4v) is 4.25. The van der Waals surface area contributed by atoms with E-state index in [0.29, 0.717) is 17.9 Å². The molecule has 0 aliphatic heterocycles. The summed E-state index contributed by atoms with van der Waals surface area (Å²) < 4.78 is 0. The van der Waals surface area contributed by atoms with Gasteiger partial charge in [0.15, 0.2) is 0 Å². The zero-order valence-electron chi connectivity index (χ0n) is 7.12. The van der Waals surface area contributed by atoms with Gasteiger partial charge in [0, 0.05) is 11.6 Å². The molecule has 3 saturated carbocycles. The average Bonchev–Trinajstić information content (AvgIpc) is 1.97. The van der Waals surface area contributed by atoms with Gasteiger partial charge in [-0.2, -0.15) is 0 Å². The molecule has 0 aromatic carbocycles. The Hall–Kier alpha value is -0.0800. The van der Waals surface area contributed by atoms with Crippen LogP contribution in [0, 0.1) is 29.6 Å². The van der Waals surface area contributed by atoms with Crippen LogP contribution in [0.4, 0.5) is 0 Å². The Morgan fingerprint density at radius 2 is 1.55 bits per heavy atom. The van der Waals surface area contributed by atoms with Gasteiger partial charge in [0.25, 0.3) is 0 Å². The number of hydrogen-bond acceptors (Lipinski definition) is 2. The molecule has 0 bridgehead atoms. The highest BCUT2D eigenvalue weighted by Gasteiger charge is 2.81. The SMILES string of the molecule is C[C@@H]1C2C3C([C@H]2N)[C@H](C)[C@]31N. The van der Waals surface area contributed by atoms with E-state index >= 15 is 0 Å². The molecule has 3 unspecified atom stereocenters. The summed E-state index contributed by atoms with van der Waals surface area (Å²) in [5, 5.41) is 0. The lowest BCUT2D eigenvalue weighted by Crippen LogP contribution is -2.93. The van der Waals surface area contributed by atoms with Gasteiger partial charge >= 0.3 is 0 Å². The Bertz CT molecular complexity index is 194. The van der Waals surface area contributed by atoms with Gasteiger partial charge in [-0.1, -0.05) is 13.8 Å². The van der Waals surface area contributed by atoms with Gasteiger partial charge in [-0.25, -0.2) is 0 Å². The van der Waals surface area contributed by atoms with Crippen LogP contribution in [-0.4, -0.2) is 11.6 Å². The Balaban J connectivity index is 1.97. The first-order valence-corrected chi connectivity index (χ1v) is 4.64. The molecule has 0 heterocycles. The zero-order valence-corrected chi connectivity index (χ0v) is 7.12. The van der Waals surface area contributed by atoms with Crippen molar-refractivity contribution in [2.24, 2.45) is 41.1 Å². The van der Waals surface area contributed by atoms with Crippen LogP contribution in [0.15, 0.2) is 0 Å². The van der Waals surface area contributed by atoms with Crippen molar-refractivity contribution in [3.8, 4) is 0 Å². The highest BCUT2D eigenvalue weighted by molar-refractivity contribution is 5.34. The maximum absolute atomic E-state index is 6.27. The summed E-state index contributed by atoms with van der Waals surface area (Å²) in [5.41, 5.74) is 12.5. The quantitative estimate of drug-likeness (QED) is 0.520. The van der Waals surface area contributed by atoms with Crippen molar-refractivity contribution >= 4 is 0 Å². The van der Waals surface area contributed by atoms with Gasteiger partial charge < -0.3 is 11.5 Å². The first-order valence-electron chi connectivity index (χ1n) is 4.64. The largest absolute Gasteiger partial charge is 0.327 e. The van der Waals surface area contributed by atoms with Crippen LogP contribution >= 0.6 is 0 Å². The van der Waals surface area contributed by atoms with E-state index in [1.165, 1.54) is 0 Å². The van der Waals surface area contributed by atoms with Gasteiger partial charge in [0.1, 0.15) is 0 Å². The zero-order chi connectivity index (χ0) is 7.96. The summed E-state index contributed by atoms with van der Waals surface area (Å²) in [6, 6.07) is 0.482. The highest BCUT2D eigenvalue weighted by atomic mass is 15.0. The number of hydrogen-bond donors (Lipinski definition) is 2. The average molecular weight is 152 g/mol. The molecule has 3 rings (SSSR count). The predicted octanol–water partition coefficient (Wildman–Crippen LogP) is 0.173. The summed E-state index contributed by atoms with van der Waals surface area (Å²) in [7, 11) is 0. The van der Waals surface area contributed by atoms with Gasteiger partial charge in [-0.15, -0.1) is 0 Å². The second-order valence-corrected chi connectivity index (χ2v) is 4.84. The summed E-state index contributed by atoms with van der Waals surface area (Å²) in [5.74, 6) is 3.73. The molecule has 11 heavy (non-hydrogen) atoms. The van der Waals surface area contributed by atoms with E-state index in [2.05, 4.69) is 13.8 Å². The molecule has 62 valence electrons. The fourth-order valence-electron chi connectivity index (χ4n) is 4.25. The van der Waals surface area contributed by atoms with Gasteiger partial charge in [0.05, 0.1) is 0 Å². The Morgan fingerprint density at radius 1 is 1.09 bits per heavy atom. The molecule has 2 heteroatoms. The first-order chi connectivity index (χ1) is 5.10. The Labute approximate surface area is 67.3 Å². The molecule has 0 amide bonds. The second-order valence-electron chi connectivity index (χ2n) is 4.84. The maximum Gasteiger partial charge on any atom is 0.0248 e.